The molecule has 2 heteroatoms. The lowest BCUT2D eigenvalue weighted by atomic mass is 9.87. The van der Waals surface area contributed by atoms with Crippen LogP contribution in [0.1, 0.15) is 58.8 Å². The molecule has 1 saturated carbocycles. The molecule has 0 aromatic carbocycles. The van der Waals surface area contributed by atoms with Crippen LogP contribution in [0.4, 0.5) is 0 Å². The van der Waals surface area contributed by atoms with E-state index in [9.17, 15) is 0 Å². The van der Waals surface area contributed by atoms with E-state index in [0.717, 1.165) is 5.92 Å². The molecule has 2 nitrogen and oxygen atoms in total. The first-order valence-electron chi connectivity index (χ1n) is 7.79. The molecule has 0 aliphatic heterocycles. The minimum atomic E-state index is 1.02. The van der Waals surface area contributed by atoms with Gasteiger partial charge in [-0.05, 0) is 38.4 Å². The molecule has 0 heterocycles. The monoisotopic (exact) mass is 240 g/mol. The van der Waals surface area contributed by atoms with Crippen molar-refractivity contribution < 1.29 is 0 Å². The molecule has 0 radical (unpaired) electrons. The summed E-state index contributed by atoms with van der Waals surface area (Å²) in [5.41, 5.74) is 0. The Balaban J connectivity index is 1.92. The largest absolute Gasteiger partial charge is 0.315 e. The highest BCUT2D eigenvalue weighted by molar-refractivity contribution is 4.67. The van der Waals surface area contributed by atoms with Gasteiger partial charge in [-0.3, -0.25) is 0 Å². The lowest BCUT2D eigenvalue weighted by Gasteiger charge is -2.22. The van der Waals surface area contributed by atoms with Gasteiger partial charge >= 0.3 is 0 Å². The van der Waals surface area contributed by atoms with Gasteiger partial charge in [0.15, 0.2) is 0 Å². The lowest BCUT2D eigenvalue weighted by Crippen LogP contribution is -2.33. The normalized spacial score (nSPS) is 17.8. The Hall–Kier alpha value is -0.0800. The van der Waals surface area contributed by atoms with Gasteiger partial charge in [0.1, 0.15) is 0 Å². The molecular weight excluding hydrogens is 208 g/mol. The second kappa shape index (κ2) is 9.90. The second-order valence-corrected chi connectivity index (χ2v) is 5.48. The van der Waals surface area contributed by atoms with Gasteiger partial charge in [0.25, 0.3) is 0 Å². The Morgan fingerprint density at radius 3 is 2.41 bits per heavy atom. The first-order valence-corrected chi connectivity index (χ1v) is 7.79. The van der Waals surface area contributed by atoms with Crippen molar-refractivity contribution in [3.8, 4) is 0 Å². The van der Waals surface area contributed by atoms with E-state index in [0.29, 0.717) is 0 Å². The van der Waals surface area contributed by atoms with E-state index in [2.05, 4.69) is 24.1 Å². The minimum absolute atomic E-state index is 1.02. The Bertz CT molecular complexity index is 158. The molecule has 1 fully saturated rings. The summed E-state index contributed by atoms with van der Waals surface area (Å²) in [7, 11) is 0. The molecule has 102 valence electrons. The fourth-order valence-electron chi connectivity index (χ4n) is 2.89. The predicted octanol–water partition coefficient (Wildman–Crippen LogP) is 3.28. The number of hydrogen-bond donors (Lipinski definition) is 1. The van der Waals surface area contributed by atoms with Crippen molar-refractivity contribution in [2.45, 2.75) is 58.8 Å². The molecule has 0 atom stereocenters. The van der Waals surface area contributed by atoms with Gasteiger partial charge < -0.3 is 10.2 Å². The molecule has 1 N–H and O–H groups in total. The minimum Gasteiger partial charge on any atom is -0.315 e. The number of likely N-dealkylation sites (N-methyl/N-ethyl adjacent to an activating group) is 1. The van der Waals surface area contributed by atoms with Crippen molar-refractivity contribution in [2.75, 3.05) is 32.7 Å². The summed E-state index contributed by atoms with van der Waals surface area (Å²) in [6, 6.07) is 0. The molecular formula is C15H32N2. The number of nitrogens with one attached hydrogen (secondary N) is 1. The van der Waals surface area contributed by atoms with E-state index in [4.69, 9.17) is 0 Å². The summed E-state index contributed by atoms with van der Waals surface area (Å²) in [5, 5.41) is 3.61. The Morgan fingerprint density at radius 2 is 1.76 bits per heavy atom. The average Bonchev–Trinajstić information content (AvgIpc) is 2.38. The summed E-state index contributed by atoms with van der Waals surface area (Å²) >= 11 is 0. The van der Waals surface area contributed by atoms with E-state index < -0.39 is 0 Å². The third kappa shape index (κ3) is 7.05. The maximum Gasteiger partial charge on any atom is 0.0107 e. The fraction of sp³-hybridized carbons (Fsp3) is 1.00. The van der Waals surface area contributed by atoms with Gasteiger partial charge in [0.05, 0.1) is 0 Å². The van der Waals surface area contributed by atoms with Crippen LogP contribution < -0.4 is 5.32 Å². The van der Waals surface area contributed by atoms with Gasteiger partial charge in [-0.15, -0.1) is 0 Å². The van der Waals surface area contributed by atoms with Crippen molar-refractivity contribution in [1.29, 1.82) is 0 Å². The van der Waals surface area contributed by atoms with Crippen molar-refractivity contribution in [3.05, 3.63) is 0 Å². The maximum atomic E-state index is 3.61. The summed E-state index contributed by atoms with van der Waals surface area (Å²) in [5.74, 6) is 1.02. The zero-order valence-corrected chi connectivity index (χ0v) is 12.0. The van der Waals surface area contributed by atoms with Gasteiger partial charge in [-0.1, -0.05) is 46.0 Å². The Kier molecular flexibility index (Phi) is 8.72. The lowest BCUT2D eigenvalue weighted by molar-refractivity contribution is 0.283. The number of nitrogens with zero attached hydrogens (tertiary/aromatic N) is 1. The highest BCUT2D eigenvalue weighted by Crippen LogP contribution is 2.25. The fourth-order valence-corrected chi connectivity index (χ4v) is 2.89. The topological polar surface area (TPSA) is 15.3 Å². The van der Waals surface area contributed by atoms with Crippen molar-refractivity contribution in [1.82, 2.24) is 10.2 Å². The van der Waals surface area contributed by atoms with Crippen molar-refractivity contribution in [3.63, 3.8) is 0 Å². The molecule has 0 bridgehead atoms. The molecule has 0 unspecified atom stereocenters. The number of rotatable bonds is 9. The molecule has 0 aromatic rings. The van der Waals surface area contributed by atoms with Crippen LogP contribution in [0.3, 0.4) is 0 Å². The third-order valence-corrected chi connectivity index (χ3v) is 4.05. The summed E-state index contributed by atoms with van der Waals surface area (Å²) in [4.78, 5) is 2.54. The van der Waals surface area contributed by atoms with Gasteiger partial charge in [0, 0.05) is 13.1 Å². The van der Waals surface area contributed by atoms with Crippen LogP contribution in [-0.4, -0.2) is 37.6 Å². The van der Waals surface area contributed by atoms with Gasteiger partial charge in [-0.25, -0.2) is 0 Å². The molecule has 1 rings (SSSR count). The third-order valence-electron chi connectivity index (χ3n) is 4.05. The summed E-state index contributed by atoms with van der Waals surface area (Å²) in [6.45, 7) is 10.6. The summed E-state index contributed by atoms with van der Waals surface area (Å²) < 4.78 is 0. The standard InChI is InChI=1S/C15H32N2/c1-3-13-17(4-2)14-12-16-11-10-15-8-6-5-7-9-15/h15-16H,3-14H2,1-2H3. The zero-order valence-electron chi connectivity index (χ0n) is 12.0. The van der Waals surface area contributed by atoms with E-state index in [1.807, 2.05) is 0 Å². The quantitative estimate of drug-likeness (QED) is 0.622. The second-order valence-electron chi connectivity index (χ2n) is 5.48. The van der Waals surface area contributed by atoms with Crippen LogP contribution in [0.5, 0.6) is 0 Å². The van der Waals surface area contributed by atoms with Crippen LogP contribution in [0.15, 0.2) is 0 Å². The van der Waals surface area contributed by atoms with E-state index in [-0.39, 0.29) is 0 Å². The van der Waals surface area contributed by atoms with Crippen LogP contribution in [0.25, 0.3) is 0 Å². The maximum absolute atomic E-state index is 3.61. The van der Waals surface area contributed by atoms with Gasteiger partial charge in [0.2, 0.25) is 0 Å². The smallest absolute Gasteiger partial charge is 0.0107 e. The van der Waals surface area contributed by atoms with Crippen molar-refractivity contribution >= 4 is 0 Å². The molecule has 1 aliphatic carbocycles. The molecule has 0 aromatic heterocycles. The zero-order chi connectivity index (χ0) is 12.3. The molecule has 1 aliphatic rings. The summed E-state index contributed by atoms with van der Waals surface area (Å²) in [6.07, 6.45) is 10.1. The molecule has 0 saturated heterocycles. The van der Waals surface area contributed by atoms with Crippen LogP contribution in [0, 0.1) is 5.92 Å². The van der Waals surface area contributed by atoms with Gasteiger partial charge in [-0.2, -0.15) is 0 Å². The van der Waals surface area contributed by atoms with Crippen molar-refractivity contribution in [2.24, 2.45) is 5.92 Å². The predicted molar refractivity (Wildman–Crippen MR) is 76.5 cm³/mol. The van der Waals surface area contributed by atoms with E-state index >= 15 is 0 Å². The molecule has 0 spiro atoms. The first-order chi connectivity index (χ1) is 8.36. The Morgan fingerprint density at radius 1 is 1.00 bits per heavy atom. The van der Waals surface area contributed by atoms with E-state index in [1.165, 1.54) is 77.7 Å². The highest BCUT2D eigenvalue weighted by atomic mass is 15.1. The molecule has 0 amide bonds. The van der Waals surface area contributed by atoms with E-state index in [1.54, 1.807) is 0 Å². The average molecular weight is 240 g/mol. The number of hydrogen-bond acceptors (Lipinski definition) is 2. The highest BCUT2D eigenvalue weighted by Gasteiger charge is 2.12. The van der Waals surface area contributed by atoms with Crippen LogP contribution in [-0.2, 0) is 0 Å². The molecule has 17 heavy (non-hydrogen) atoms. The Labute approximate surface area is 108 Å². The van der Waals surface area contributed by atoms with Crippen LogP contribution >= 0.6 is 0 Å². The first kappa shape index (κ1) is 15.0. The van der Waals surface area contributed by atoms with Crippen LogP contribution in [0.2, 0.25) is 0 Å². The SMILES string of the molecule is CCCN(CC)CCNCCC1CCCCC1.